The zero-order chi connectivity index (χ0) is 26.1. The fourth-order valence-electron chi connectivity index (χ4n) is 4.16. The van der Waals surface area contributed by atoms with Crippen molar-refractivity contribution in [3.8, 4) is 11.1 Å². The first kappa shape index (κ1) is 25.7. The van der Waals surface area contributed by atoms with E-state index in [2.05, 4.69) is 0 Å². The van der Waals surface area contributed by atoms with Gasteiger partial charge in [-0.1, -0.05) is 31.2 Å². The van der Waals surface area contributed by atoms with Crippen LogP contribution >= 0.6 is 0 Å². The van der Waals surface area contributed by atoms with Crippen LogP contribution in [0.25, 0.3) is 11.1 Å². The normalized spacial score (nSPS) is 16.7. The topological polar surface area (TPSA) is 89.7 Å². The Labute approximate surface area is 207 Å². The van der Waals surface area contributed by atoms with Gasteiger partial charge in [0.25, 0.3) is 0 Å². The molecular formula is C26H25F3N2O4S. The number of ether oxygens (including phenoxy) is 1. The van der Waals surface area contributed by atoms with Crippen LogP contribution in [0.1, 0.15) is 34.5 Å². The third kappa shape index (κ3) is 5.39. The predicted octanol–water partition coefficient (Wildman–Crippen LogP) is 4.84. The van der Waals surface area contributed by atoms with Gasteiger partial charge >= 0.3 is 6.18 Å². The SMILES string of the molecule is CCS(=O)(=O)c1ccc(-c2cc(N3CCOC(c4ccc(C(F)(F)F)cc4)C3)ccc2C(N)=O)cc1. The molecule has 36 heavy (non-hydrogen) atoms. The van der Waals surface area contributed by atoms with E-state index >= 15 is 0 Å². The second kappa shape index (κ2) is 9.94. The first-order valence-electron chi connectivity index (χ1n) is 11.3. The average Bonchev–Trinajstić information content (AvgIpc) is 2.88. The van der Waals surface area contributed by atoms with E-state index in [0.29, 0.717) is 36.4 Å². The Bertz CT molecular complexity index is 1360. The first-order valence-corrected chi connectivity index (χ1v) is 13.0. The number of carbonyl (C=O) groups is 1. The van der Waals surface area contributed by atoms with Crippen molar-refractivity contribution in [3.63, 3.8) is 0 Å². The Morgan fingerprint density at radius 1 is 1.06 bits per heavy atom. The highest BCUT2D eigenvalue weighted by atomic mass is 32.2. The lowest BCUT2D eigenvalue weighted by Crippen LogP contribution is -2.38. The van der Waals surface area contributed by atoms with Crippen LogP contribution < -0.4 is 10.6 Å². The number of hydrogen-bond donors (Lipinski definition) is 1. The number of hydrogen-bond acceptors (Lipinski definition) is 5. The lowest BCUT2D eigenvalue weighted by atomic mass is 9.97. The van der Waals surface area contributed by atoms with Crippen molar-refractivity contribution in [1.82, 2.24) is 0 Å². The zero-order valence-corrected chi connectivity index (χ0v) is 20.3. The molecular weight excluding hydrogens is 493 g/mol. The number of sulfone groups is 1. The minimum Gasteiger partial charge on any atom is -0.370 e. The largest absolute Gasteiger partial charge is 0.416 e. The number of anilines is 1. The molecule has 1 heterocycles. The predicted molar refractivity (Wildman–Crippen MR) is 130 cm³/mol. The third-order valence-corrected chi connectivity index (χ3v) is 7.96. The standard InChI is InChI=1S/C26H25F3N2O4S/c1-2-36(33,34)21-10-5-17(6-11-21)23-15-20(9-12-22(23)25(30)32)31-13-14-35-24(16-31)18-3-7-19(8-4-18)26(27,28)29/h3-12,15,24H,2,13-14,16H2,1H3,(H2,30,32). The van der Waals surface area contributed by atoms with Gasteiger partial charge < -0.3 is 15.4 Å². The minimum absolute atomic E-state index is 0.0223. The van der Waals surface area contributed by atoms with Gasteiger partial charge in [0.15, 0.2) is 9.84 Å². The Morgan fingerprint density at radius 3 is 2.31 bits per heavy atom. The van der Waals surface area contributed by atoms with Crippen LogP contribution in [0, 0.1) is 0 Å². The van der Waals surface area contributed by atoms with Gasteiger partial charge in [-0.2, -0.15) is 13.2 Å². The van der Waals surface area contributed by atoms with Gasteiger partial charge in [0.2, 0.25) is 5.91 Å². The molecule has 0 saturated carbocycles. The third-order valence-electron chi connectivity index (χ3n) is 6.21. The summed E-state index contributed by atoms with van der Waals surface area (Å²) in [6.45, 7) is 2.87. The molecule has 1 fully saturated rings. The average molecular weight is 519 g/mol. The maximum absolute atomic E-state index is 12.9. The molecule has 3 aromatic carbocycles. The van der Waals surface area contributed by atoms with E-state index in [1.165, 1.54) is 24.3 Å². The summed E-state index contributed by atoms with van der Waals surface area (Å²) in [6, 6.07) is 16.4. The maximum atomic E-state index is 12.9. The molecule has 6 nitrogen and oxygen atoms in total. The monoisotopic (exact) mass is 518 g/mol. The lowest BCUT2D eigenvalue weighted by Gasteiger charge is -2.35. The van der Waals surface area contributed by atoms with Crippen molar-refractivity contribution in [1.29, 1.82) is 0 Å². The Kier molecular flexibility index (Phi) is 7.10. The van der Waals surface area contributed by atoms with Crippen LogP contribution in [-0.2, 0) is 20.8 Å². The summed E-state index contributed by atoms with van der Waals surface area (Å²) in [6.07, 6.45) is -4.84. The minimum atomic E-state index is -4.41. The smallest absolute Gasteiger partial charge is 0.370 e. The summed E-state index contributed by atoms with van der Waals surface area (Å²) in [5.41, 5.74) is 7.76. The molecule has 1 aliphatic rings. The van der Waals surface area contributed by atoms with Gasteiger partial charge in [0.1, 0.15) is 6.10 Å². The van der Waals surface area contributed by atoms with Crippen molar-refractivity contribution >= 4 is 21.4 Å². The molecule has 4 rings (SSSR count). The molecule has 0 aromatic heterocycles. The Hall–Kier alpha value is -3.37. The van der Waals surface area contributed by atoms with Crippen LogP contribution in [0.5, 0.6) is 0 Å². The molecule has 1 unspecified atom stereocenters. The number of amides is 1. The van der Waals surface area contributed by atoms with Crippen molar-refractivity contribution in [2.24, 2.45) is 5.73 Å². The highest BCUT2D eigenvalue weighted by Gasteiger charge is 2.31. The second-order valence-corrected chi connectivity index (χ2v) is 10.7. The summed E-state index contributed by atoms with van der Waals surface area (Å²) >= 11 is 0. The van der Waals surface area contributed by atoms with Crippen LogP contribution in [0.4, 0.5) is 18.9 Å². The molecule has 0 spiro atoms. The number of halogens is 3. The van der Waals surface area contributed by atoms with Crippen molar-refractivity contribution in [2.75, 3.05) is 30.3 Å². The summed E-state index contributed by atoms with van der Waals surface area (Å²) < 4.78 is 68.8. The van der Waals surface area contributed by atoms with Crippen LogP contribution in [0.2, 0.25) is 0 Å². The van der Waals surface area contributed by atoms with Crippen molar-refractivity contribution < 1.29 is 31.1 Å². The first-order chi connectivity index (χ1) is 17.0. The Balaban J connectivity index is 1.62. The van der Waals surface area contributed by atoms with Gasteiger partial charge in [-0.3, -0.25) is 4.79 Å². The van der Waals surface area contributed by atoms with E-state index in [1.54, 1.807) is 37.3 Å². The van der Waals surface area contributed by atoms with E-state index in [9.17, 15) is 26.4 Å². The van der Waals surface area contributed by atoms with Crippen molar-refractivity contribution in [3.05, 3.63) is 83.4 Å². The summed E-state index contributed by atoms with van der Waals surface area (Å²) in [7, 11) is -3.37. The van der Waals surface area contributed by atoms with Gasteiger partial charge in [-0.25, -0.2) is 8.42 Å². The molecule has 1 atom stereocenters. The lowest BCUT2D eigenvalue weighted by molar-refractivity contribution is -0.137. The van der Waals surface area contributed by atoms with E-state index in [-0.39, 0.29) is 16.2 Å². The number of nitrogens with zero attached hydrogens (tertiary/aromatic N) is 1. The fraction of sp³-hybridized carbons (Fsp3) is 0.269. The zero-order valence-electron chi connectivity index (χ0n) is 19.5. The molecule has 190 valence electrons. The highest BCUT2D eigenvalue weighted by molar-refractivity contribution is 7.91. The number of primary amides is 1. The van der Waals surface area contributed by atoms with E-state index in [4.69, 9.17) is 10.5 Å². The van der Waals surface area contributed by atoms with Crippen molar-refractivity contribution in [2.45, 2.75) is 24.1 Å². The molecule has 10 heteroatoms. The Morgan fingerprint density at radius 2 is 1.72 bits per heavy atom. The molecule has 0 aliphatic carbocycles. The van der Waals surface area contributed by atoms with Gasteiger partial charge in [0.05, 0.1) is 22.8 Å². The van der Waals surface area contributed by atoms with Crippen LogP contribution in [-0.4, -0.2) is 39.8 Å². The molecule has 2 N–H and O–H groups in total. The molecule has 1 aliphatic heterocycles. The van der Waals surface area contributed by atoms with Crippen LogP contribution in [0.15, 0.2) is 71.6 Å². The number of nitrogens with two attached hydrogens (primary N) is 1. The fourth-order valence-corrected chi connectivity index (χ4v) is 5.05. The number of alkyl halides is 3. The molecule has 1 saturated heterocycles. The second-order valence-electron chi connectivity index (χ2n) is 8.45. The molecule has 0 radical (unpaired) electrons. The molecule has 0 bridgehead atoms. The number of carbonyl (C=O) groups excluding carboxylic acids is 1. The van der Waals surface area contributed by atoms with E-state index in [0.717, 1.165) is 17.8 Å². The summed E-state index contributed by atoms with van der Waals surface area (Å²) in [5.74, 6) is -0.641. The summed E-state index contributed by atoms with van der Waals surface area (Å²) in [4.78, 5) is 14.3. The van der Waals surface area contributed by atoms with E-state index < -0.39 is 33.6 Å². The molecule has 1 amide bonds. The van der Waals surface area contributed by atoms with Crippen LogP contribution in [0.3, 0.4) is 0 Å². The maximum Gasteiger partial charge on any atom is 0.416 e. The number of rotatable bonds is 6. The highest BCUT2D eigenvalue weighted by Crippen LogP contribution is 2.34. The van der Waals surface area contributed by atoms with Gasteiger partial charge in [0, 0.05) is 24.3 Å². The number of morpholine rings is 1. The quantitative estimate of drug-likeness (QED) is 0.504. The van der Waals surface area contributed by atoms with E-state index in [1.807, 2.05) is 4.90 Å². The number of benzene rings is 3. The molecule has 3 aromatic rings. The van der Waals surface area contributed by atoms with Gasteiger partial charge in [-0.05, 0) is 59.2 Å². The summed E-state index contributed by atoms with van der Waals surface area (Å²) in [5, 5.41) is 0. The van der Waals surface area contributed by atoms with Gasteiger partial charge in [-0.15, -0.1) is 0 Å².